The van der Waals surface area contributed by atoms with Crippen LogP contribution in [0.15, 0.2) is 28.9 Å². The van der Waals surface area contributed by atoms with Crippen LogP contribution in [-0.2, 0) is 14.4 Å². The lowest BCUT2D eigenvalue weighted by Gasteiger charge is -2.21. The van der Waals surface area contributed by atoms with Crippen molar-refractivity contribution in [2.75, 3.05) is 6.54 Å². The second-order valence-corrected chi connectivity index (χ2v) is 5.31. The van der Waals surface area contributed by atoms with Crippen LogP contribution in [-0.4, -0.2) is 36.4 Å². The Kier molecular flexibility index (Phi) is 8.28. The van der Waals surface area contributed by atoms with Gasteiger partial charge in [-0.2, -0.15) is 0 Å². The van der Waals surface area contributed by atoms with Crippen LogP contribution in [0, 0.1) is 0 Å². The van der Waals surface area contributed by atoms with Crippen molar-refractivity contribution in [3.05, 3.63) is 30.2 Å². The Bertz CT molecular complexity index is 568. The first-order valence-corrected chi connectivity index (χ1v) is 7.76. The van der Waals surface area contributed by atoms with Gasteiger partial charge in [0.1, 0.15) is 11.8 Å². The Morgan fingerprint density at radius 2 is 2.08 bits per heavy atom. The Hall–Kier alpha value is -2.61. The van der Waals surface area contributed by atoms with Gasteiger partial charge in [-0.15, -0.1) is 0 Å². The number of carboxylic acid groups (broad SMARTS) is 1. The Balaban J connectivity index is 2.64. The smallest absolute Gasteiger partial charge is 0.244 e. The van der Waals surface area contributed by atoms with E-state index in [2.05, 4.69) is 16.4 Å². The van der Waals surface area contributed by atoms with Crippen LogP contribution in [0.3, 0.4) is 0 Å². The van der Waals surface area contributed by atoms with Crippen molar-refractivity contribution in [3.8, 4) is 0 Å². The number of amides is 2. The molecule has 1 heterocycles. The Morgan fingerprint density at radius 3 is 2.67 bits per heavy atom. The summed E-state index contributed by atoms with van der Waals surface area (Å²) in [4.78, 5) is 34.8. The van der Waals surface area contributed by atoms with E-state index in [1.807, 2.05) is 0 Å². The average molecular weight is 337 g/mol. The molecule has 0 saturated heterocycles. The van der Waals surface area contributed by atoms with E-state index in [1.165, 1.54) is 25.3 Å². The molecule has 2 amide bonds. The molecule has 0 radical (unpaired) electrons. The van der Waals surface area contributed by atoms with Crippen molar-refractivity contribution in [1.29, 1.82) is 0 Å². The predicted molar refractivity (Wildman–Crippen MR) is 83.9 cm³/mol. The summed E-state index contributed by atoms with van der Waals surface area (Å²) in [7, 11) is 0. The summed E-state index contributed by atoms with van der Waals surface area (Å²) >= 11 is 0. The van der Waals surface area contributed by atoms with Gasteiger partial charge < -0.3 is 30.7 Å². The van der Waals surface area contributed by atoms with Gasteiger partial charge in [0.25, 0.3) is 0 Å². The molecule has 0 fully saturated rings. The van der Waals surface area contributed by atoms with E-state index in [1.54, 1.807) is 12.1 Å². The number of aliphatic carboxylic acids is 1. The molecule has 0 aromatic carbocycles. The number of rotatable bonds is 10. The summed E-state index contributed by atoms with van der Waals surface area (Å²) in [5.74, 6) is -1.91. The monoisotopic (exact) mass is 337 g/mol. The highest BCUT2D eigenvalue weighted by atomic mass is 16.4. The molecule has 24 heavy (non-hydrogen) atoms. The lowest BCUT2D eigenvalue weighted by molar-refractivity contribution is -0.368. The molecule has 0 spiro atoms. The molecule has 0 aliphatic rings. The van der Waals surface area contributed by atoms with Gasteiger partial charge in [-0.25, -0.2) is 0 Å². The lowest BCUT2D eigenvalue weighted by atomic mass is 10.1. The van der Waals surface area contributed by atoms with Crippen molar-refractivity contribution in [2.24, 2.45) is 0 Å². The second-order valence-electron chi connectivity index (χ2n) is 5.31. The number of nitrogens with one attached hydrogen (secondary N) is 2. The quantitative estimate of drug-likeness (QED) is 0.350. The molecule has 1 aromatic rings. The van der Waals surface area contributed by atoms with Crippen LogP contribution >= 0.6 is 0 Å². The molecule has 5 N–H and O–H groups in total. The third-order valence-electron chi connectivity index (χ3n) is 3.28. The summed E-state index contributed by atoms with van der Waals surface area (Å²) in [6.07, 6.45) is 6.09. The van der Waals surface area contributed by atoms with E-state index >= 15 is 0 Å². The molecule has 8 heteroatoms. The molecular formula is C16H23N3O5. The summed E-state index contributed by atoms with van der Waals surface area (Å²) in [5, 5.41) is 15.6. The van der Waals surface area contributed by atoms with Crippen LogP contribution in [0.25, 0.3) is 6.08 Å². The number of quaternary nitrogens is 1. The van der Waals surface area contributed by atoms with Crippen molar-refractivity contribution >= 4 is 23.9 Å². The largest absolute Gasteiger partial charge is 0.548 e. The zero-order valence-electron chi connectivity index (χ0n) is 13.6. The normalized spacial score (nSPS) is 13.4. The fraction of sp³-hybridized carbons (Fsp3) is 0.438. The molecule has 0 saturated carbocycles. The SMILES string of the molecule is C[C@H](NC(=O)[C@H](CCCC[NH3+])NC(=O)/C=C/c1ccco1)C(=O)[O-]. The fourth-order valence-electron chi connectivity index (χ4n) is 1.93. The summed E-state index contributed by atoms with van der Waals surface area (Å²) < 4.78 is 5.07. The first-order valence-electron chi connectivity index (χ1n) is 7.76. The van der Waals surface area contributed by atoms with Gasteiger partial charge >= 0.3 is 0 Å². The van der Waals surface area contributed by atoms with Gasteiger partial charge in [0.15, 0.2) is 0 Å². The maximum Gasteiger partial charge on any atom is 0.244 e. The minimum Gasteiger partial charge on any atom is -0.548 e. The number of furan rings is 1. The van der Waals surface area contributed by atoms with Gasteiger partial charge in [0.05, 0.1) is 24.8 Å². The average Bonchev–Trinajstić information content (AvgIpc) is 3.05. The first kappa shape index (κ1) is 19.4. The van der Waals surface area contributed by atoms with E-state index in [-0.39, 0.29) is 0 Å². The predicted octanol–water partition coefficient (Wildman–Crippen LogP) is -1.56. The van der Waals surface area contributed by atoms with Gasteiger partial charge in [0, 0.05) is 6.08 Å². The number of carbonyl (C=O) groups excluding carboxylic acids is 3. The molecule has 0 aliphatic heterocycles. The van der Waals surface area contributed by atoms with Crippen molar-refractivity contribution in [1.82, 2.24) is 10.6 Å². The van der Waals surface area contributed by atoms with Crippen LogP contribution in [0.1, 0.15) is 31.9 Å². The highest BCUT2D eigenvalue weighted by molar-refractivity contribution is 5.96. The molecular weight excluding hydrogens is 314 g/mol. The Morgan fingerprint density at radius 1 is 1.33 bits per heavy atom. The molecule has 2 atom stereocenters. The standard InChI is InChI=1S/C16H23N3O5/c1-11(16(22)23)18-15(21)13(6-2-3-9-17)19-14(20)8-7-12-5-4-10-24-12/h4-5,7-8,10-11,13H,2-3,6,9,17H2,1H3,(H,18,21)(H,19,20)(H,22,23)/b8-7+/t11-,13-/m0/s1. The van der Waals surface area contributed by atoms with Crippen molar-refractivity contribution < 1.29 is 29.6 Å². The third-order valence-corrected chi connectivity index (χ3v) is 3.28. The maximum atomic E-state index is 12.1. The van der Waals surface area contributed by atoms with Gasteiger partial charge in [-0.05, 0) is 44.4 Å². The van der Waals surface area contributed by atoms with Gasteiger partial charge in [-0.1, -0.05) is 0 Å². The minimum atomic E-state index is -1.39. The molecule has 0 unspecified atom stereocenters. The van der Waals surface area contributed by atoms with E-state index in [4.69, 9.17) is 4.42 Å². The molecule has 0 aliphatic carbocycles. The van der Waals surface area contributed by atoms with Crippen molar-refractivity contribution in [2.45, 2.75) is 38.3 Å². The van der Waals surface area contributed by atoms with Crippen LogP contribution in [0.2, 0.25) is 0 Å². The minimum absolute atomic E-state index is 0.390. The first-order chi connectivity index (χ1) is 11.4. The van der Waals surface area contributed by atoms with E-state index in [0.29, 0.717) is 18.6 Å². The lowest BCUT2D eigenvalue weighted by Crippen LogP contribution is -2.53. The molecule has 0 bridgehead atoms. The summed E-state index contributed by atoms with van der Waals surface area (Å²) in [6, 6.07) is 1.41. The second kappa shape index (κ2) is 10.2. The van der Waals surface area contributed by atoms with E-state index in [0.717, 1.165) is 13.0 Å². The Labute approximate surface area is 140 Å². The topological polar surface area (TPSA) is 139 Å². The van der Waals surface area contributed by atoms with Gasteiger partial charge in [0.2, 0.25) is 11.8 Å². The van der Waals surface area contributed by atoms with E-state index < -0.39 is 29.9 Å². The number of carboxylic acids is 1. The number of hydrogen-bond donors (Lipinski definition) is 3. The fourth-order valence-corrected chi connectivity index (χ4v) is 1.93. The third kappa shape index (κ3) is 7.10. The van der Waals surface area contributed by atoms with Gasteiger partial charge in [-0.3, -0.25) is 9.59 Å². The van der Waals surface area contributed by atoms with E-state index in [9.17, 15) is 19.5 Å². The van der Waals surface area contributed by atoms with Crippen LogP contribution < -0.4 is 21.5 Å². The van der Waals surface area contributed by atoms with Crippen molar-refractivity contribution in [3.63, 3.8) is 0 Å². The number of carbonyl (C=O) groups is 3. The van der Waals surface area contributed by atoms with Crippen LogP contribution in [0.5, 0.6) is 0 Å². The molecule has 1 rings (SSSR count). The highest BCUT2D eigenvalue weighted by Gasteiger charge is 2.21. The number of unbranched alkanes of at least 4 members (excludes halogenated alkanes) is 1. The zero-order valence-corrected chi connectivity index (χ0v) is 13.6. The summed E-state index contributed by atoms with van der Waals surface area (Å²) in [6.45, 7) is 2.02. The highest BCUT2D eigenvalue weighted by Crippen LogP contribution is 2.04. The summed E-state index contributed by atoms with van der Waals surface area (Å²) in [5.41, 5.74) is 3.72. The van der Waals surface area contributed by atoms with Crippen LogP contribution in [0.4, 0.5) is 0 Å². The number of hydrogen-bond acceptors (Lipinski definition) is 5. The molecule has 132 valence electrons. The molecule has 8 nitrogen and oxygen atoms in total. The maximum absolute atomic E-state index is 12.1. The molecule has 1 aromatic heterocycles. The zero-order chi connectivity index (χ0) is 17.9.